The maximum absolute atomic E-state index is 12.2. The zero-order valence-electron chi connectivity index (χ0n) is 10.8. The molecule has 0 saturated heterocycles. The summed E-state index contributed by atoms with van der Waals surface area (Å²) in [6.45, 7) is 1.67. The number of hydrogen-bond acceptors (Lipinski definition) is 3. The van der Waals surface area contributed by atoms with Crippen molar-refractivity contribution in [2.24, 2.45) is 5.73 Å². The summed E-state index contributed by atoms with van der Waals surface area (Å²) in [5.74, 6) is -0.185. The Bertz CT molecular complexity index is 526. The number of hydrazine groups is 1. The molecule has 2 aromatic rings. The molecule has 0 saturated carbocycles. The van der Waals surface area contributed by atoms with Crippen LogP contribution in [-0.2, 0) is 4.79 Å². The maximum Gasteiger partial charge on any atom is 0.262 e. The van der Waals surface area contributed by atoms with Crippen molar-refractivity contribution >= 4 is 17.3 Å². The van der Waals surface area contributed by atoms with Gasteiger partial charge in [0.05, 0.1) is 17.4 Å². The molecule has 1 atom stereocenters. The molecular weight excluding hydrogens is 238 g/mol. The summed E-state index contributed by atoms with van der Waals surface area (Å²) < 4.78 is 0. The topological polar surface area (TPSA) is 58.4 Å². The minimum Gasteiger partial charge on any atom is -0.320 e. The first-order chi connectivity index (χ1) is 9.18. The van der Waals surface area contributed by atoms with Crippen LogP contribution in [0.1, 0.15) is 6.92 Å². The number of nitrogens with two attached hydrogens (primary N) is 1. The fourth-order valence-corrected chi connectivity index (χ4v) is 1.67. The number of benzene rings is 2. The molecule has 0 heterocycles. The standard InChI is InChI=1S/C15H17N3O/c1-12(16)15(19)18(14-10-6-3-7-11-14)17-13-8-4-2-5-9-13/h2-12,17H,16H2,1H3/t12-/m0/s1. The average molecular weight is 255 g/mol. The Morgan fingerprint density at radius 3 is 2.11 bits per heavy atom. The first kappa shape index (κ1) is 13.1. The van der Waals surface area contributed by atoms with Crippen molar-refractivity contribution in [2.75, 3.05) is 10.4 Å². The summed E-state index contributed by atoms with van der Waals surface area (Å²) in [4.78, 5) is 12.2. The van der Waals surface area contributed by atoms with Gasteiger partial charge in [0, 0.05) is 0 Å². The maximum atomic E-state index is 12.2. The van der Waals surface area contributed by atoms with Gasteiger partial charge < -0.3 is 5.73 Å². The van der Waals surface area contributed by atoms with E-state index in [1.807, 2.05) is 60.7 Å². The third kappa shape index (κ3) is 3.33. The molecule has 0 unspecified atom stereocenters. The van der Waals surface area contributed by atoms with Gasteiger partial charge in [-0.3, -0.25) is 10.2 Å². The van der Waals surface area contributed by atoms with E-state index in [1.165, 1.54) is 5.01 Å². The van der Waals surface area contributed by atoms with E-state index in [2.05, 4.69) is 5.43 Å². The van der Waals surface area contributed by atoms with Crippen LogP contribution in [0.2, 0.25) is 0 Å². The van der Waals surface area contributed by atoms with Crippen molar-refractivity contribution in [1.29, 1.82) is 0 Å². The van der Waals surface area contributed by atoms with Crippen LogP contribution >= 0.6 is 0 Å². The number of anilines is 2. The SMILES string of the molecule is C[C@H](N)C(=O)N(Nc1ccccc1)c1ccccc1. The van der Waals surface area contributed by atoms with Crippen molar-refractivity contribution in [3.8, 4) is 0 Å². The zero-order chi connectivity index (χ0) is 13.7. The van der Waals surface area contributed by atoms with Crippen LogP contribution in [0.5, 0.6) is 0 Å². The number of rotatable bonds is 4. The Hall–Kier alpha value is -2.33. The third-order valence-electron chi connectivity index (χ3n) is 2.64. The number of carbonyl (C=O) groups is 1. The Morgan fingerprint density at radius 2 is 1.58 bits per heavy atom. The predicted molar refractivity (Wildman–Crippen MR) is 77.6 cm³/mol. The molecular formula is C15H17N3O. The van der Waals surface area contributed by atoms with E-state index < -0.39 is 6.04 Å². The van der Waals surface area contributed by atoms with Crippen LogP contribution in [0.25, 0.3) is 0 Å². The second-order valence-corrected chi connectivity index (χ2v) is 4.28. The second kappa shape index (κ2) is 6.02. The van der Waals surface area contributed by atoms with Gasteiger partial charge in [0.2, 0.25) is 0 Å². The monoisotopic (exact) mass is 255 g/mol. The largest absolute Gasteiger partial charge is 0.320 e. The van der Waals surface area contributed by atoms with E-state index in [-0.39, 0.29) is 5.91 Å². The van der Waals surface area contributed by atoms with Gasteiger partial charge in [0.1, 0.15) is 0 Å². The highest BCUT2D eigenvalue weighted by Crippen LogP contribution is 2.16. The lowest BCUT2D eigenvalue weighted by atomic mass is 10.2. The fraction of sp³-hybridized carbons (Fsp3) is 0.133. The van der Waals surface area contributed by atoms with E-state index in [4.69, 9.17) is 5.73 Å². The summed E-state index contributed by atoms with van der Waals surface area (Å²) in [5.41, 5.74) is 10.4. The number of nitrogens with one attached hydrogen (secondary N) is 1. The molecule has 0 aromatic heterocycles. The predicted octanol–water partition coefficient (Wildman–Crippen LogP) is 2.39. The van der Waals surface area contributed by atoms with Gasteiger partial charge in [-0.25, -0.2) is 5.01 Å². The van der Waals surface area contributed by atoms with Crippen LogP contribution in [0.3, 0.4) is 0 Å². The van der Waals surface area contributed by atoms with E-state index in [0.717, 1.165) is 11.4 Å². The molecule has 0 aliphatic rings. The molecule has 0 aliphatic carbocycles. The Balaban J connectivity index is 2.28. The van der Waals surface area contributed by atoms with Crippen LogP contribution < -0.4 is 16.2 Å². The molecule has 0 aliphatic heterocycles. The van der Waals surface area contributed by atoms with Crippen molar-refractivity contribution in [3.05, 3.63) is 60.7 Å². The van der Waals surface area contributed by atoms with Crippen LogP contribution in [-0.4, -0.2) is 11.9 Å². The molecule has 0 spiro atoms. The van der Waals surface area contributed by atoms with Crippen LogP contribution in [0.15, 0.2) is 60.7 Å². The van der Waals surface area contributed by atoms with E-state index in [0.29, 0.717) is 0 Å². The molecule has 4 heteroatoms. The minimum atomic E-state index is -0.573. The highest BCUT2D eigenvalue weighted by molar-refractivity contribution is 5.98. The third-order valence-corrected chi connectivity index (χ3v) is 2.64. The number of carbonyl (C=O) groups excluding carboxylic acids is 1. The summed E-state index contributed by atoms with van der Waals surface area (Å²) >= 11 is 0. The summed E-state index contributed by atoms with van der Waals surface area (Å²) in [5, 5.41) is 1.47. The summed E-state index contributed by atoms with van der Waals surface area (Å²) in [6, 6.07) is 18.3. The normalized spacial score (nSPS) is 11.7. The first-order valence-electron chi connectivity index (χ1n) is 6.15. The molecule has 0 bridgehead atoms. The number of amides is 1. The molecule has 98 valence electrons. The van der Waals surface area contributed by atoms with Crippen LogP contribution in [0.4, 0.5) is 11.4 Å². The highest BCUT2D eigenvalue weighted by atomic mass is 16.2. The van der Waals surface area contributed by atoms with Gasteiger partial charge in [-0.15, -0.1) is 0 Å². The molecule has 2 aromatic carbocycles. The van der Waals surface area contributed by atoms with Gasteiger partial charge in [0.25, 0.3) is 5.91 Å². The molecule has 0 fully saturated rings. The lowest BCUT2D eigenvalue weighted by Crippen LogP contribution is -2.45. The van der Waals surface area contributed by atoms with Crippen molar-refractivity contribution in [3.63, 3.8) is 0 Å². The fourth-order valence-electron chi connectivity index (χ4n) is 1.67. The zero-order valence-corrected chi connectivity index (χ0v) is 10.8. The smallest absolute Gasteiger partial charge is 0.262 e. The van der Waals surface area contributed by atoms with E-state index in [9.17, 15) is 4.79 Å². The van der Waals surface area contributed by atoms with Gasteiger partial charge in [-0.05, 0) is 31.2 Å². The number of hydrogen-bond donors (Lipinski definition) is 2. The summed E-state index contributed by atoms with van der Waals surface area (Å²) in [7, 11) is 0. The van der Waals surface area contributed by atoms with Gasteiger partial charge in [-0.1, -0.05) is 36.4 Å². The Labute approximate surface area is 112 Å². The van der Waals surface area contributed by atoms with Crippen molar-refractivity contribution in [1.82, 2.24) is 0 Å². The van der Waals surface area contributed by atoms with Gasteiger partial charge in [0.15, 0.2) is 0 Å². The molecule has 1 amide bonds. The molecule has 19 heavy (non-hydrogen) atoms. The Kier molecular flexibility index (Phi) is 4.15. The van der Waals surface area contributed by atoms with Crippen molar-refractivity contribution < 1.29 is 4.79 Å². The van der Waals surface area contributed by atoms with Crippen LogP contribution in [0, 0.1) is 0 Å². The lowest BCUT2D eigenvalue weighted by Gasteiger charge is -2.26. The molecule has 4 nitrogen and oxygen atoms in total. The lowest BCUT2D eigenvalue weighted by molar-refractivity contribution is -0.119. The van der Waals surface area contributed by atoms with Gasteiger partial charge >= 0.3 is 0 Å². The Morgan fingerprint density at radius 1 is 1.05 bits per heavy atom. The quantitative estimate of drug-likeness (QED) is 0.825. The highest BCUT2D eigenvalue weighted by Gasteiger charge is 2.19. The van der Waals surface area contributed by atoms with Gasteiger partial charge in [-0.2, -0.15) is 0 Å². The molecule has 2 rings (SSSR count). The average Bonchev–Trinajstić information content (AvgIpc) is 2.46. The number of nitrogens with zero attached hydrogens (tertiary/aromatic N) is 1. The first-order valence-corrected chi connectivity index (χ1v) is 6.15. The minimum absolute atomic E-state index is 0.185. The molecule has 3 N–H and O–H groups in total. The van der Waals surface area contributed by atoms with E-state index in [1.54, 1.807) is 6.92 Å². The van der Waals surface area contributed by atoms with Crippen molar-refractivity contribution in [2.45, 2.75) is 13.0 Å². The summed E-state index contributed by atoms with van der Waals surface area (Å²) in [6.07, 6.45) is 0. The molecule has 0 radical (unpaired) electrons. The van der Waals surface area contributed by atoms with E-state index >= 15 is 0 Å². The number of para-hydroxylation sites is 2. The second-order valence-electron chi connectivity index (χ2n) is 4.28.